The van der Waals surface area contributed by atoms with Crippen molar-refractivity contribution >= 4 is 17.8 Å². The number of ether oxygens (including phenoxy) is 1. The Morgan fingerprint density at radius 3 is 2.13 bits per heavy atom. The maximum atomic E-state index is 12.0. The van der Waals surface area contributed by atoms with Crippen molar-refractivity contribution in [3.05, 3.63) is 59.7 Å². The highest BCUT2D eigenvalue weighted by molar-refractivity contribution is 5.83. The van der Waals surface area contributed by atoms with Crippen molar-refractivity contribution in [1.29, 1.82) is 0 Å². The van der Waals surface area contributed by atoms with Crippen molar-refractivity contribution in [2.24, 2.45) is 10.5 Å². The molecule has 0 heterocycles. The van der Waals surface area contributed by atoms with E-state index in [4.69, 9.17) is 4.74 Å². The summed E-state index contributed by atoms with van der Waals surface area (Å²) < 4.78 is 5.59. The molecule has 0 aromatic heterocycles. The molecule has 0 fully saturated rings. The van der Waals surface area contributed by atoms with Crippen LogP contribution >= 0.6 is 0 Å². The van der Waals surface area contributed by atoms with E-state index in [2.05, 4.69) is 57.3 Å². The van der Waals surface area contributed by atoms with Crippen molar-refractivity contribution < 1.29 is 9.53 Å². The van der Waals surface area contributed by atoms with Crippen LogP contribution in [0.25, 0.3) is 0 Å². The van der Waals surface area contributed by atoms with Gasteiger partial charge in [-0.2, -0.15) is 5.10 Å². The van der Waals surface area contributed by atoms with E-state index in [1.807, 2.05) is 55.4 Å². The van der Waals surface area contributed by atoms with E-state index >= 15 is 0 Å². The summed E-state index contributed by atoms with van der Waals surface area (Å²) in [5, 5.41) is 3.99. The van der Waals surface area contributed by atoms with Gasteiger partial charge < -0.3 is 9.64 Å². The maximum absolute atomic E-state index is 12.0. The maximum Gasteiger partial charge on any atom is 0.277 e. The lowest BCUT2D eigenvalue weighted by atomic mass is 9.72. The average molecular weight is 410 g/mol. The van der Waals surface area contributed by atoms with Gasteiger partial charge in [-0.15, -0.1) is 0 Å². The zero-order valence-electron chi connectivity index (χ0n) is 19.3. The van der Waals surface area contributed by atoms with Gasteiger partial charge in [-0.1, -0.05) is 58.9 Å². The first-order valence-corrected chi connectivity index (χ1v) is 10.3. The van der Waals surface area contributed by atoms with Crippen molar-refractivity contribution in [3.63, 3.8) is 0 Å². The number of nitrogens with one attached hydrogen (secondary N) is 1. The molecular weight excluding hydrogens is 374 g/mol. The van der Waals surface area contributed by atoms with Crippen molar-refractivity contribution in [2.45, 2.75) is 46.5 Å². The van der Waals surface area contributed by atoms with Gasteiger partial charge in [0.15, 0.2) is 6.61 Å². The number of nitrogens with zero attached hydrogens (tertiary/aromatic N) is 2. The molecule has 1 amide bonds. The topological polar surface area (TPSA) is 53.9 Å². The lowest BCUT2D eigenvalue weighted by Crippen LogP contribution is -2.25. The molecule has 162 valence electrons. The van der Waals surface area contributed by atoms with Crippen LogP contribution in [-0.2, 0) is 10.2 Å². The Morgan fingerprint density at radius 2 is 1.60 bits per heavy atom. The molecule has 0 spiro atoms. The summed E-state index contributed by atoms with van der Waals surface area (Å²) >= 11 is 0. The van der Waals surface area contributed by atoms with Gasteiger partial charge in [-0.3, -0.25) is 4.79 Å². The van der Waals surface area contributed by atoms with Crippen LogP contribution in [0.2, 0.25) is 0 Å². The van der Waals surface area contributed by atoms with Gasteiger partial charge >= 0.3 is 0 Å². The van der Waals surface area contributed by atoms with Gasteiger partial charge in [0, 0.05) is 19.8 Å². The molecule has 0 aliphatic heterocycles. The van der Waals surface area contributed by atoms with Gasteiger partial charge in [-0.25, -0.2) is 5.43 Å². The second-order valence-electron chi connectivity index (χ2n) is 9.71. The summed E-state index contributed by atoms with van der Waals surface area (Å²) in [6, 6.07) is 15.9. The molecule has 1 N–H and O–H groups in total. The smallest absolute Gasteiger partial charge is 0.277 e. The molecule has 2 rings (SSSR count). The Balaban J connectivity index is 1.83. The van der Waals surface area contributed by atoms with E-state index in [0.717, 1.165) is 17.7 Å². The molecule has 0 saturated carbocycles. The summed E-state index contributed by atoms with van der Waals surface area (Å²) in [5.41, 5.74) is 6.11. The summed E-state index contributed by atoms with van der Waals surface area (Å²) in [6.45, 7) is 11.2. The lowest BCUT2D eigenvalue weighted by Gasteiger charge is -2.33. The van der Waals surface area contributed by atoms with Gasteiger partial charge in [0.25, 0.3) is 5.91 Å². The highest BCUT2D eigenvalue weighted by atomic mass is 16.5. The molecular formula is C25H35N3O2. The van der Waals surface area contributed by atoms with E-state index in [0.29, 0.717) is 5.75 Å². The standard InChI is InChI=1S/C25H35N3O2/c1-24(2,3)18-25(4,5)20-10-14-22(15-11-20)30-17-23(29)27-26-16-19-8-12-21(13-9-19)28(6)7/h8-16H,17-18H2,1-7H3,(H,27,29)/b26-16-. The average Bonchev–Trinajstić information content (AvgIpc) is 2.65. The number of rotatable bonds is 8. The number of anilines is 1. The van der Waals surface area contributed by atoms with Gasteiger partial charge in [0.2, 0.25) is 0 Å². The Kier molecular flexibility index (Phi) is 7.65. The third-order valence-corrected chi connectivity index (χ3v) is 4.79. The third kappa shape index (κ3) is 7.54. The molecule has 0 aliphatic rings. The Labute approximate surface area is 181 Å². The minimum absolute atomic E-state index is 0.0770. The fraction of sp³-hybridized carbons (Fsp3) is 0.440. The Bertz CT molecular complexity index is 845. The molecule has 0 bridgehead atoms. The minimum atomic E-state index is -0.298. The monoisotopic (exact) mass is 409 g/mol. The molecule has 0 unspecified atom stereocenters. The normalized spacial score (nSPS) is 12.1. The molecule has 0 atom stereocenters. The van der Waals surface area contributed by atoms with Crippen LogP contribution in [0.1, 0.15) is 52.2 Å². The molecule has 0 radical (unpaired) electrons. The molecule has 30 heavy (non-hydrogen) atoms. The van der Waals surface area contributed by atoms with Crippen LogP contribution in [-0.4, -0.2) is 32.8 Å². The molecule has 5 heteroatoms. The van der Waals surface area contributed by atoms with Crippen LogP contribution in [0.3, 0.4) is 0 Å². The zero-order chi connectivity index (χ0) is 22.4. The van der Waals surface area contributed by atoms with E-state index in [1.54, 1.807) is 6.21 Å². The predicted octanol–water partition coefficient (Wildman–Crippen LogP) is 5.00. The first kappa shape index (κ1) is 23.5. The Morgan fingerprint density at radius 1 is 1.00 bits per heavy atom. The summed E-state index contributed by atoms with van der Waals surface area (Å²) in [7, 11) is 3.98. The molecule has 0 saturated heterocycles. The third-order valence-electron chi connectivity index (χ3n) is 4.79. The van der Waals surface area contributed by atoms with E-state index in [1.165, 1.54) is 5.56 Å². The number of carbonyl (C=O) groups excluding carboxylic acids is 1. The van der Waals surface area contributed by atoms with E-state index < -0.39 is 0 Å². The molecule has 0 aliphatic carbocycles. The van der Waals surface area contributed by atoms with E-state index in [9.17, 15) is 4.79 Å². The molecule has 5 nitrogen and oxygen atoms in total. The largest absolute Gasteiger partial charge is 0.484 e. The van der Waals surface area contributed by atoms with Gasteiger partial charge in [-0.05, 0) is 52.6 Å². The fourth-order valence-electron chi connectivity index (χ4n) is 3.65. The number of hydrogen-bond donors (Lipinski definition) is 1. The number of benzene rings is 2. The van der Waals surface area contributed by atoms with Crippen LogP contribution < -0.4 is 15.1 Å². The first-order valence-electron chi connectivity index (χ1n) is 10.3. The second kappa shape index (κ2) is 9.79. The first-order chi connectivity index (χ1) is 14.0. The Hall–Kier alpha value is -2.82. The van der Waals surface area contributed by atoms with Crippen molar-refractivity contribution in [2.75, 3.05) is 25.6 Å². The van der Waals surface area contributed by atoms with E-state index in [-0.39, 0.29) is 23.3 Å². The number of amides is 1. The van der Waals surface area contributed by atoms with Crippen LogP contribution in [0.4, 0.5) is 5.69 Å². The lowest BCUT2D eigenvalue weighted by molar-refractivity contribution is -0.123. The highest BCUT2D eigenvalue weighted by Crippen LogP contribution is 2.36. The number of hydrazone groups is 1. The summed E-state index contributed by atoms with van der Waals surface area (Å²) in [5.74, 6) is 0.372. The van der Waals surface area contributed by atoms with Crippen LogP contribution in [0.15, 0.2) is 53.6 Å². The van der Waals surface area contributed by atoms with Gasteiger partial charge in [0.1, 0.15) is 5.75 Å². The predicted molar refractivity (Wildman–Crippen MR) is 126 cm³/mol. The SMILES string of the molecule is CN(C)c1ccc(/C=N\NC(=O)COc2ccc(C(C)(C)CC(C)(C)C)cc2)cc1. The molecule has 2 aromatic carbocycles. The fourth-order valence-corrected chi connectivity index (χ4v) is 3.65. The minimum Gasteiger partial charge on any atom is -0.484 e. The zero-order valence-corrected chi connectivity index (χ0v) is 19.3. The summed E-state index contributed by atoms with van der Waals surface area (Å²) in [4.78, 5) is 14.0. The van der Waals surface area contributed by atoms with Crippen molar-refractivity contribution in [1.82, 2.24) is 5.43 Å². The highest BCUT2D eigenvalue weighted by Gasteiger charge is 2.27. The van der Waals surface area contributed by atoms with Crippen molar-refractivity contribution in [3.8, 4) is 5.75 Å². The quantitative estimate of drug-likeness (QED) is 0.493. The summed E-state index contributed by atoms with van der Waals surface area (Å²) in [6.07, 6.45) is 2.70. The van der Waals surface area contributed by atoms with Crippen LogP contribution in [0, 0.1) is 5.41 Å². The second-order valence-corrected chi connectivity index (χ2v) is 9.71. The van der Waals surface area contributed by atoms with Crippen LogP contribution in [0.5, 0.6) is 5.75 Å². The van der Waals surface area contributed by atoms with Gasteiger partial charge in [0.05, 0.1) is 6.21 Å². The number of hydrogen-bond acceptors (Lipinski definition) is 4. The number of carbonyl (C=O) groups is 1. The molecule has 2 aromatic rings.